The molecule has 1 fully saturated rings. The lowest BCUT2D eigenvalue weighted by molar-refractivity contribution is -0.274. The Kier molecular flexibility index (Phi) is 10.3. The van der Waals surface area contributed by atoms with Crippen LogP contribution in [-0.4, -0.2) is 50.7 Å². The Hall–Kier alpha value is -4.39. The van der Waals surface area contributed by atoms with Crippen LogP contribution >= 0.6 is 11.8 Å². The van der Waals surface area contributed by atoms with Crippen LogP contribution in [0.3, 0.4) is 0 Å². The number of carbonyl (C=O) groups excluding carboxylic acids is 1. The maximum atomic E-state index is 14.0. The maximum Gasteiger partial charge on any atom is 0.573 e. The number of rotatable bonds is 9. The van der Waals surface area contributed by atoms with Crippen LogP contribution < -0.4 is 15.0 Å². The Morgan fingerprint density at radius 1 is 1.07 bits per heavy atom. The Bertz CT molecular complexity index is 1670. The van der Waals surface area contributed by atoms with Gasteiger partial charge in [-0.1, -0.05) is 49.9 Å². The minimum absolute atomic E-state index is 0.117. The van der Waals surface area contributed by atoms with Gasteiger partial charge in [-0.2, -0.15) is 4.99 Å². The van der Waals surface area contributed by atoms with Crippen molar-refractivity contribution in [2.24, 2.45) is 4.99 Å². The summed E-state index contributed by atoms with van der Waals surface area (Å²) < 4.78 is 56.6. The van der Waals surface area contributed by atoms with Crippen LogP contribution in [0.5, 0.6) is 5.75 Å². The lowest BCUT2D eigenvalue weighted by Crippen LogP contribution is -2.38. The predicted molar refractivity (Wildman–Crippen MR) is 172 cm³/mol. The molecule has 1 aliphatic rings. The number of nitrogens with zero attached hydrogens (tertiary/aromatic N) is 5. The quantitative estimate of drug-likeness (QED) is 0.184. The topological polar surface area (TPSA) is 84.6 Å². The molecule has 3 aromatic carbocycles. The van der Waals surface area contributed by atoms with Crippen molar-refractivity contribution >= 4 is 28.6 Å². The third-order valence-electron chi connectivity index (χ3n) is 7.36. The molecule has 242 valence electrons. The first kappa shape index (κ1) is 33.0. The number of hydrogen-bond acceptors (Lipinski definition) is 5. The van der Waals surface area contributed by atoms with Crippen molar-refractivity contribution in [3.63, 3.8) is 0 Å². The van der Waals surface area contributed by atoms with Gasteiger partial charge in [0.1, 0.15) is 17.9 Å². The number of thioether (sulfide) groups is 1. The van der Waals surface area contributed by atoms with Gasteiger partial charge in [0.2, 0.25) is 0 Å². The third kappa shape index (κ3) is 8.65. The molecule has 5 rings (SSSR count). The van der Waals surface area contributed by atoms with E-state index in [1.807, 2.05) is 49.9 Å². The molecule has 4 aromatic rings. The predicted octanol–water partition coefficient (Wildman–Crippen LogP) is 8.13. The van der Waals surface area contributed by atoms with Gasteiger partial charge in [0.15, 0.2) is 11.0 Å². The normalized spacial score (nSPS) is 15.3. The van der Waals surface area contributed by atoms with Gasteiger partial charge in [-0.05, 0) is 85.7 Å². The second-order valence-corrected chi connectivity index (χ2v) is 12.3. The number of benzene rings is 3. The van der Waals surface area contributed by atoms with Crippen molar-refractivity contribution < 1.29 is 27.1 Å². The van der Waals surface area contributed by atoms with E-state index in [4.69, 9.17) is 0 Å². The van der Waals surface area contributed by atoms with E-state index < -0.39 is 12.4 Å². The van der Waals surface area contributed by atoms with Gasteiger partial charge in [-0.25, -0.2) is 18.9 Å². The van der Waals surface area contributed by atoms with Gasteiger partial charge in [0.25, 0.3) is 0 Å². The van der Waals surface area contributed by atoms with Crippen LogP contribution in [0.25, 0.3) is 17.1 Å². The van der Waals surface area contributed by atoms with E-state index in [1.54, 1.807) is 12.1 Å². The number of alkyl halides is 3. The van der Waals surface area contributed by atoms with Crippen molar-refractivity contribution in [3.05, 3.63) is 90.0 Å². The molecule has 13 heteroatoms. The van der Waals surface area contributed by atoms with Crippen LogP contribution in [0.15, 0.2) is 78.0 Å². The van der Waals surface area contributed by atoms with Crippen LogP contribution in [0.2, 0.25) is 0 Å². The highest BCUT2D eigenvalue weighted by atomic mass is 32.2. The van der Waals surface area contributed by atoms with Crippen LogP contribution in [0.1, 0.15) is 50.7 Å². The average Bonchev–Trinajstić information content (AvgIpc) is 3.51. The number of amidine groups is 1. The van der Waals surface area contributed by atoms with Crippen molar-refractivity contribution in [2.75, 3.05) is 17.2 Å². The fourth-order valence-corrected chi connectivity index (χ4v) is 5.98. The first-order chi connectivity index (χ1) is 21.9. The number of nitrogens with one attached hydrogen (secondary N) is 1. The van der Waals surface area contributed by atoms with Crippen molar-refractivity contribution in [3.8, 4) is 22.8 Å². The SMILES string of the molecule is CC(CCc1ccc(-c2ncn(-c3ccc(OC(F)(F)F)cc3)n2)cc1)NC(=O)/N=C1\SCCCN1c1ccc(F)cc1C(C)C. The number of hydrogen-bond donors (Lipinski definition) is 1. The summed E-state index contributed by atoms with van der Waals surface area (Å²) in [6, 6.07) is 17.3. The van der Waals surface area contributed by atoms with E-state index in [9.17, 15) is 22.4 Å². The monoisotopic (exact) mass is 654 g/mol. The van der Waals surface area contributed by atoms with E-state index in [0.29, 0.717) is 29.6 Å². The van der Waals surface area contributed by atoms with Crippen molar-refractivity contribution in [1.82, 2.24) is 20.1 Å². The number of ether oxygens (including phenoxy) is 1. The van der Waals surface area contributed by atoms with Gasteiger partial charge >= 0.3 is 12.4 Å². The van der Waals surface area contributed by atoms with E-state index in [0.717, 1.165) is 41.0 Å². The largest absolute Gasteiger partial charge is 0.573 e. The van der Waals surface area contributed by atoms with E-state index in [-0.39, 0.29) is 23.5 Å². The molecule has 1 aromatic heterocycles. The molecule has 1 unspecified atom stereocenters. The summed E-state index contributed by atoms with van der Waals surface area (Å²) in [5.74, 6) is 0.848. The molecule has 1 N–H and O–H groups in total. The molecule has 1 aliphatic heterocycles. The number of halogens is 4. The fraction of sp³-hybridized carbons (Fsp3) is 0.333. The summed E-state index contributed by atoms with van der Waals surface area (Å²) in [7, 11) is 0. The third-order valence-corrected chi connectivity index (χ3v) is 8.43. The van der Waals surface area contributed by atoms with Crippen LogP contribution in [0, 0.1) is 5.82 Å². The summed E-state index contributed by atoms with van der Waals surface area (Å²) in [5.41, 5.74) is 4.15. The summed E-state index contributed by atoms with van der Waals surface area (Å²) in [5, 5.41) is 8.03. The number of carbonyl (C=O) groups is 1. The highest BCUT2D eigenvalue weighted by Crippen LogP contribution is 2.33. The number of anilines is 1. The summed E-state index contributed by atoms with van der Waals surface area (Å²) >= 11 is 1.53. The molecule has 1 saturated heterocycles. The Morgan fingerprint density at radius 3 is 2.50 bits per heavy atom. The average molecular weight is 655 g/mol. The molecule has 0 spiro atoms. The minimum Gasteiger partial charge on any atom is -0.406 e. The number of aryl methyl sites for hydroxylation is 1. The molecule has 1 atom stereocenters. The summed E-state index contributed by atoms with van der Waals surface area (Å²) in [4.78, 5) is 23.6. The van der Waals surface area contributed by atoms with E-state index in [2.05, 4.69) is 25.1 Å². The van der Waals surface area contributed by atoms with Crippen molar-refractivity contribution in [2.45, 2.75) is 58.4 Å². The number of aromatic nitrogens is 3. The zero-order chi connectivity index (χ0) is 32.8. The molecule has 0 radical (unpaired) electrons. The molecular formula is C33H34F4N6O2S. The van der Waals surface area contributed by atoms with Gasteiger partial charge in [-0.3, -0.25) is 0 Å². The maximum absolute atomic E-state index is 14.0. The first-order valence-electron chi connectivity index (χ1n) is 14.9. The second-order valence-electron chi connectivity index (χ2n) is 11.2. The van der Waals surface area contributed by atoms with E-state index in [1.165, 1.54) is 53.1 Å². The highest BCUT2D eigenvalue weighted by Gasteiger charge is 2.31. The molecule has 8 nitrogen and oxygen atoms in total. The molecule has 2 heterocycles. The molecule has 2 amide bonds. The van der Waals surface area contributed by atoms with Gasteiger partial charge in [0.05, 0.1) is 5.69 Å². The molecule has 0 bridgehead atoms. The number of amides is 2. The van der Waals surface area contributed by atoms with Crippen LogP contribution in [0.4, 0.5) is 28.0 Å². The lowest BCUT2D eigenvalue weighted by atomic mass is 10.00. The highest BCUT2D eigenvalue weighted by molar-refractivity contribution is 8.14. The van der Waals surface area contributed by atoms with Crippen molar-refractivity contribution in [1.29, 1.82) is 0 Å². The smallest absolute Gasteiger partial charge is 0.406 e. The summed E-state index contributed by atoms with van der Waals surface area (Å²) in [6.07, 6.45) is -0.906. The fourth-order valence-electron chi connectivity index (χ4n) is 5.04. The molecule has 0 saturated carbocycles. The standard InChI is InChI=1S/C33H34F4N6O2S/c1-21(2)28-19-25(34)11-16-29(28)42-17-4-18-46-32(42)40-31(44)39-22(3)5-6-23-7-9-24(10-8-23)30-38-20-43(41-30)26-12-14-27(15-13-26)45-33(35,36)37/h7-16,19-22H,4-6,17-18H2,1-3H3,(H,39,44)/b40-32-. The zero-order valence-electron chi connectivity index (χ0n) is 25.6. The Balaban J connectivity index is 1.15. The van der Waals surface area contributed by atoms with Gasteiger partial charge in [0, 0.05) is 29.6 Å². The molecular weight excluding hydrogens is 620 g/mol. The Morgan fingerprint density at radius 2 is 1.80 bits per heavy atom. The molecule has 0 aliphatic carbocycles. The Labute approximate surface area is 268 Å². The zero-order valence-corrected chi connectivity index (χ0v) is 26.4. The van der Waals surface area contributed by atoms with Gasteiger partial charge < -0.3 is 15.0 Å². The number of aliphatic imine (C=N–C) groups is 1. The minimum atomic E-state index is -4.75. The lowest BCUT2D eigenvalue weighted by Gasteiger charge is -2.32. The first-order valence-corrected chi connectivity index (χ1v) is 15.9. The van der Waals surface area contributed by atoms with Crippen LogP contribution in [-0.2, 0) is 6.42 Å². The summed E-state index contributed by atoms with van der Waals surface area (Å²) in [6.45, 7) is 6.68. The second kappa shape index (κ2) is 14.4. The van der Waals surface area contributed by atoms with Gasteiger partial charge in [-0.15, -0.1) is 18.3 Å². The molecule has 46 heavy (non-hydrogen) atoms. The number of urea groups is 1. The van der Waals surface area contributed by atoms with E-state index >= 15 is 0 Å².